The number of fused-ring (bicyclic) bond motifs is 1. The number of para-hydroxylation sites is 1. The van der Waals surface area contributed by atoms with Crippen LogP contribution in [0.15, 0.2) is 108 Å². The molecule has 1 aliphatic rings. The number of amides is 2. The maximum Gasteiger partial charge on any atom is 0.411 e. The summed E-state index contributed by atoms with van der Waals surface area (Å²) in [6, 6.07) is 31.0. The van der Waals surface area contributed by atoms with Crippen LogP contribution in [0.2, 0.25) is 0 Å². The van der Waals surface area contributed by atoms with Crippen molar-refractivity contribution in [1.82, 2.24) is 20.1 Å². The molecule has 1 aliphatic heterocycles. The molecule has 0 radical (unpaired) electrons. The maximum atomic E-state index is 12.9. The number of pyridine rings is 1. The fourth-order valence-electron chi connectivity index (χ4n) is 6.43. The molecule has 53 heavy (non-hydrogen) atoms. The molecule has 2 amide bonds. The number of carbonyl (C=O) groups is 2. The van der Waals surface area contributed by atoms with Gasteiger partial charge in [0.1, 0.15) is 17.6 Å². The van der Waals surface area contributed by atoms with Gasteiger partial charge in [0.05, 0.1) is 17.3 Å². The summed E-state index contributed by atoms with van der Waals surface area (Å²) in [4.78, 5) is 43.9. The number of H-pyrrole nitrogens is 1. The van der Waals surface area contributed by atoms with Crippen molar-refractivity contribution < 1.29 is 29.3 Å². The zero-order chi connectivity index (χ0) is 37.2. The molecule has 1 unspecified atom stereocenters. The van der Waals surface area contributed by atoms with E-state index in [-0.39, 0.29) is 42.0 Å². The van der Waals surface area contributed by atoms with Gasteiger partial charge < -0.3 is 39.8 Å². The van der Waals surface area contributed by atoms with Crippen LogP contribution in [-0.4, -0.2) is 89.5 Å². The Balaban J connectivity index is 0.884. The van der Waals surface area contributed by atoms with E-state index in [0.717, 1.165) is 29.8 Å². The van der Waals surface area contributed by atoms with E-state index in [0.29, 0.717) is 54.9 Å². The van der Waals surface area contributed by atoms with Crippen molar-refractivity contribution in [3.63, 3.8) is 0 Å². The van der Waals surface area contributed by atoms with E-state index in [9.17, 15) is 24.6 Å². The first-order valence-corrected chi connectivity index (χ1v) is 17.8. The van der Waals surface area contributed by atoms with Crippen molar-refractivity contribution in [3.8, 4) is 22.6 Å². The van der Waals surface area contributed by atoms with Crippen molar-refractivity contribution >= 4 is 28.6 Å². The summed E-state index contributed by atoms with van der Waals surface area (Å²) in [7, 11) is 1.76. The van der Waals surface area contributed by atoms with Crippen LogP contribution >= 0.6 is 0 Å². The molecular weight excluding hydrogens is 674 g/mol. The second-order valence-corrected chi connectivity index (χ2v) is 13.2. The Morgan fingerprint density at radius 1 is 0.962 bits per heavy atom. The fourth-order valence-corrected chi connectivity index (χ4v) is 6.43. The third-order valence-corrected chi connectivity index (χ3v) is 9.43. The molecule has 2 heterocycles. The minimum Gasteiger partial charge on any atom is -0.506 e. The molecule has 12 nitrogen and oxygen atoms in total. The molecule has 1 atom stereocenters. The number of phenols is 1. The quantitative estimate of drug-likeness (QED) is 0.103. The van der Waals surface area contributed by atoms with Gasteiger partial charge in [-0.3, -0.25) is 14.9 Å². The highest BCUT2D eigenvalue weighted by atomic mass is 16.6. The summed E-state index contributed by atoms with van der Waals surface area (Å²) in [6.07, 6.45) is -0.0795. The van der Waals surface area contributed by atoms with Crippen LogP contribution in [0.25, 0.3) is 22.0 Å². The van der Waals surface area contributed by atoms with Gasteiger partial charge in [-0.05, 0) is 59.9 Å². The summed E-state index contributed by atoms with van der Waals surface area (Å²) < 4.78 is 11.6. The summed E-state index contributed by atoms with van der Waals surface area (Å²) in [6.45, 7) is 3.37. The zero-order valence-electron chi connectivity index (χ0n) is 29.7. The first kappa shape index (κ1) is 37.1. The van der Waals surface area contributed by atoms with Crippen LogP contribution in [0.4, 0.5) is 10.5 Å². The van der Waals surface area contributed by atoms with Crippen molar-refractivity contribution in [2.75, 3.05) is 51.7 Å². The topological polar surface area (TPSA) is 156 Å². The highest BCUT2D eigenvalue weighted by Gasteiger charge is 2.23. The monoisotopic (exact) mass is 719 g/mol. The standard InChI is InChI=1S/C41H45N5O7/c1-45(22-23-46-20-18-30(19-21-46)53-41(51)43-35-13-6-5-12-32(35)29-9-3-2-4-10-29)39(50)27-52-31-11-7-8-28(24-31)25-42-26-37(48)33-14-16-36(47)40-34(33)15-17-38(49)44-40/h2-17,24,30,37,42,47-48H,18-23,25-27H2,1H3,(H,43,51)(H,44,49). The summed E-state index contributed by atoms with van der Waals surface area (Å²) in [5, 5.41) is 27.7. The van der Waals surface area contributed by atoms with Crippen molar-refractivity contribution in [2.24, 2.45) is 0 Å². The normalized spacial score (nSPS) is 14.1. The molecule has 12 heteroatoms. The number of piperidine rings is 1. The third-order valence-electron chi connectivity index (χ3n) is 9.43. The number of hydrogen-bond donors (Lipinski definition) is 5. The van der Waals surface area contributed by atoms with Gasteiger partial charge in [0.2, 0.25) is 5.56 Å². The van der Waals surface area contributed by atoms with Gasteiger partial charge in [0.15, 0.2) is 6.61 Å². The van der Waals surface area contributed by atoms with Crippen LogP contribution < -0.4 is 20.9 Å². The van der Waals surface area contributed by atoms with Crippen molar-refractivity contribution in [1.29, 1.82) is 0 Å². The Labute approximate surface area is 308 Å². The number of aromatic nitrogens is 1. The number of likely N-dealkylation sites (N-methyl/N-ethyl adjacent to an activating group) is 1. The van der Waals surface area contributed by atoms with Gasteiger partial charge in [0, 0.05) is 63.3 Å². The molecule has 5 aromatic rings. The Bertz CT molecular complexity index is 2060. The number of aliphatic hydroxyl groups excluding tert-OH is 1. The number of aromatic hydroxyl groups is 1. The predicted molar refractivity (Wildman–Crippen MR) is 204 cm³/mol. The molecule has 1 saturated heterocycles. The number of phenolic OH excluding ortho intramolecular Hbond substituents is 1. The Morgan fingerprint density at radius 3 is 2.55 bits per heavy atom. The highest BCUT2D eigenvalue weighted by Crippen LogP contribution is 2.29. The van der Waals surface area contributed by atoms with E-state index in [1.165, 1.54) is 12.1 Å². The molecule has 276 valence electrons. The average molecular weight is 720 g/mol. The minimum absolute atomic E-state index is 0.0595. The average Bonchev–Trinajstić information content (AvgIpc) is 3.17. The fraction of sp³-hybridized carbons (Fsp3) is 0.293. The number of carbonyl (C=O) groups excluding carboxylic acids is 2. The molecule has 1 aromatic heterocycles. The molecule has 5 N–H and O–H groups in total. The van der Waals surface area contributed by atoms with Crippen LogP contribution in [0.3, 0.4) is 0 Å². The molecule has 0 aliphatic carbocycles. The van der Waals surface area contributed by atoms with E-state index in [1.54, 1.807) is 30.1 Å². The van der Waals surface area contributed by atoms with E-state index >= 15 is 0 Å². The molecular formula is C41H45N5O7. The lowest BCUT2D eigenvalue weighted by atomic mass is 10.0. The van der Waals surface area contributed by atoms with E-state index in [4.69, 9.17) is 9.47 Å². The summed E-state index contributed by atoms with van der Waals surface area (Å²) in [5.74, 6) is 0.371. The first-order chi connectivity index (χ1) is 25.7. The number of benzene rings is 4. The number of nitrogens with one attached hydrogen (secondary N) is 3. The van der Waals surface area contributed by atoms with Gasteiger partial charge in [-0.25, -0.2) is 4.79 Å². The number of nitrogens with zero attached hydrogens (tertiary/aromatic N) is 2. The van der Waals surface area contributed by atoms with Gasteiger partial charge in [-0.1, -0.05) is 66.7 Å². The second kappa shape index (κ2) is 17.7. The number of anilines is 1. The number of likely N-dealkylation sites (tertiary alicyclic amines) is 1. The molecule has 0 saturated carbocycles. The van der Waals surface area contributed by atoms with Crippen molar-refractivity contribution in [2.45, 2.75) is 31.6 Å². The zero-order valence-corrected chi connectivity index (χ0v) is 29.7. The predicted octanol–water partition coefficient (Wildman–Crippen LogP) is 5.27. The molecule has 1 fully saturated rings. The van der Waals surface area contributed by atoms with E-state index < -0.39 is 12.2 Å². The first-order valence-electron chi connectivity index (χ1n) is 17.8. The summed E-state index contributed by atoms with van der Waals surface area (Å²) in [5.41, 5.74) is 4.10. The lowest BCUT2D eigenvalue weighted by Crippen LogP contribution is -2.43. The Hall–Kier alpha value is -5.69. The van der Waals surface area contributed by atoms with Crippen LogP contribution in [-0.2, 0) is 16.1 Å². The van der Waals surface area contributed by atoms with Gasteiger partial charge in [0.25, 0.3) is 5.91 Å². The number of aliphatic hydroxyl groups is 1. The Morgan fingerprint density at radius 2 is 1.74 bits per heavy atom. The van der Waals surface area contributed by atoms with Crippen LogP contribution in [0, 0.1) is 0 Å². The van der Waals surface area contributed by atoms with Gasteiger partial charge >= 0.3 is 6.09 Å². The van der Waals surface area contributed by atoms with Crippen LogP contribution in [0.5, 0.6) is 11.5 Å². The number of rotatable bonds is 14. The van der Waals surface area contributed by atoms with Crippen LogP contribution in [0.1, 0.15) is 30.1 Å². The molecule has 4 aromatic carbocycles. The van der Waals surface area contributed by atoms with Gasteiger partial charge in [-0.2, -0.15) is 0 Å². The SMILES string of the molecule is CN(CCN1CCC(OC(=O)Nc2ccccc2-c2ccccc2)CC1)C(=O)COc1cccc(CNCC(O)c2ccc(O)c3[nH]c(=O)ccc23)c1. The van der Waals surface area contributed by atoms with E-state index in [1.807, 2.05) is 72.8 Å². The minimum atomic E-state index is -0.878. The number of ether oxygens (including phenoxy) is 2. The van der Waals surface area contributed by atoms with Crippen molar-refractivity contribution in [3.05, 3.63) is 125 Å². The highest BCUT2D eigenvalue weighted by molar-refractivity contribution is 5.91. The maximum absolute atomic E-state index is 12.9. The third kappa shape index (κ3) is 10.0. The smallest absolute Gasteiger partial charge is 0.411 e. The second-order valence-electron chi connectivity index (χ2n) is 13.2. The van der Waals surface area contributed by atoms with Gasteiger partial charge in [-0.15, -0.1) is 0 Å². The lowest BCUT2D eigenvalue weighted by molar-refractivity contribution is -0.132. The molecule has 6 rings (SSSR count). The summed E-state index contributed by atoms with van der Waals surface area (Å²) >= 11 is 0. The lowest BCUT2D eigenvalue weighted by Gasteiger charge is -2.32. The number of hydrogen-bond acceptors (Lipinski definition) is 9. The molecule has 0 bridgehead atoms. The number of aromatic amines is 1. The Kier molecular flexibility index (Phi) is 12.4. The van der Waals surface area contributed by atoms with E-state index in [2.05, 4.69) is 20.5 Å². The molecule has 0 spiro atoms. The largest absolute Gasteiger partial charge is 0.506 e.